The minimum Gasteiger partial charge on any atom is -0.454 e. The third-order valence-electron chi connectivity index (χ3n) is 12.5. The van der Waals surface area contributed by atoms with Crippen molar-refractivity contribution in [3.05, 3.63) is 247 Å². The summed E-state index contributed by atoms with van der Waals surface area (Å²) in [6, 6.07) is 81.8. The topological polar surface area (TPSA) is 16.4 Å². The van der Waals surface area contributed by atoms with Crippen LogP contribution in [0.1, 0.15) is 22.3 Å². The molecule has 2 nitrogen and oxygen atoms in total. The molecule has 0 saturated heterocycles. The molecule has 1 aliphatic carbocycles. The monoisotopic (exact) mass is 751 g/mol. The van der Waals surface area contributed by atoms with Gasteiger partial charge in [0, 0.05) is 27.4 Å². The lowest BCUT2D eigenvalue weighted by molar-refractivity contribution is 0.669. The van der Waals surface area contributed by atoms with E-state index < -0.39 is 5.41 Å². The molecule has 0 aliphatic heterocycles. The Kier molecular flexibility index (Phi) is 7.48. The number of para-hydroxylation sites is 2. The van der Waals surface area contributed by atoms with Gasteiger partial charge in [0.15, 0.2) is 5.58 Å². The highest BCUT2D eigenvalue weighted by Crippen LogP contribution is 2.58. The molecule has 1 aliphatic rings. The van der Waals surface area contributed by atoms with Crippen LogP contribution >= 0.6 is 0 Å². The molecule has 59 heavy (non-hydrogen) atoms. The summed E-state index contributed by atoms with van der Waals surface area (Å²) in [4.78, 5) is 2.49. The lowest BCUT2D eigenvalue weighted by atomic mass is 9.67. The molecule has 12 rings (SSSR count). The lowest BCUT2D eigenvalue weighted by Gasteiger charge is -2.35. The van der Waals surface area contributed by atoms with Crippen LogP contribution in [0.5, 0.6) is 0 Å². The van der Waals surface area contributed by atoms with Crippen molar-refractivity contribution in [2.24, 2.45) is 0 Å². The number of anilines is 3. The minimum absolute atomic E-state index is 0.560. The summed E-state index contributed by atoms with van der Waals surface area (Å²) in [6.07, 6.45) is 0. The molecule has 1 aromatic heterocycles. The smallest absolute Gasteiger partial charge is 0.159 e. The zero-order chi connectivity index (χ0) is 38.9. The fourth-order valence-corrected chi connectivity index (χ4v) is 10.1. The van der Waals surface area contributed by atoms with Crippen molar-refractivity contribution in [1.82, 2.24) is 0 Å². The summed E-state index contributed by atoms with van der Waals surface area (Å²) in [7, 11) is 0. The van der Waals surface area contributed by atoms with Crippen LogP contribution in [0.15, 0.2) is 229 Å². The van der Waals surface area contributed by atoms with E-state index in [4.69, 9.17) is 4.42 Å². The molecule has 10 aromatic carbocycles. The molecule has 0 N–H and O–H groups in total. The van der Waals surface area contributed by atoms with Gasteiger partial charge in [0.25, 0.3) is 0 Å². The Morgan fingerprint density at radius 2 is 0.915 bits per heavy atom. The number of rotatable bonds is 6. The molecule has 0 atom stereocenters. The van der Waals surface area contributed by atoms with Crippen LogP contribution in [-0.4, -0.2) is 0 Å². The zero-order valence-corrected chi connectivity index (χ0v) is 32.2. The largest absolute Gasteiger partial charge is 0.454 e. The fourth-order valence-electron chi connectivity index (χ4n) is 10.1. The van der Waals surface area contributed by atoms with Crippen molar-refractivity contribution in [3.8, 4) is 22.3 Å². The first-order chi connectivity index (χ1) is 29.3. The van der Waals surface area contributed by atoms with Crippen LogP contribution < -0.4 is 4.90 Å². The van der Waals surface area contributed by atoms with E-state index in [-0.39, 0.29) is 0 Å². The Morgan fingerprint density at radius 1 is 0.373 bits per heavy atom. The van der Waals surface area contributed by atoms with E-state index in [1.165, 1.54) is 60.5 Å². The number of furan rings is 1. The van der Waals surface area contributed by atoms with Gasteiger partial charge in [-0.25, -0.2) is 0 Å². The Morgan fingerprint density at radius 3 is 1.64 bits per heavy atom. The molecule has 2 heteroatoms. The maximum atomic E-state index is 6.93. The first-order valence-electron chi connectivity index (χ1n) is 20.4. The normalized spacial score (nSPS) is 12.9. The van der Waals surface area contributed by atoms with Gasteiger partial charge in [0.2, 0.25) is 0 Å². The van der Waals surface area contributed by atoms with Crippen LogP contribution in [0.3, 0.4) is 0 Å². The highest BCUT2D eigenvalue weighted by atomic mass is 16.3. The molecule has 0 amide bonds. The Balaban J connectivity index is 1.26. The minimum atomic E-state index is -0.560. The van der Waals surface area contributed by atoms with Gasteiger partial charge in [-0.1, -0.05) is 200 Å². The summed E-state index contributed by atoms with van der Waals surface area (Å²) in [6.45, 7) is 0. The SMILES string of the molecule is c1ccc(-c2c(N(c3ccc4c(c3)C(c3ccccc3)(c3ccccc3)c3ccccc3-4)c3cccc4c3oc3ccccc34)c3ccccc3c3ccccc23)cc1. The summed E-state index contributed by atoms with van der Waals surface area (Å²) in [5.41, 5.74) is 14.2. The second-order valence-corrected chi connectivity index (χ2v) is 15.5. The van der Waals surface area contributed by atoms with E-state index >= 15 is 0 Å². The van der Waals surface area contributed by atoms with Crippen LogP contribution in [0.4, 0.5) is 17.1 Å². The van der Waals surface area contributed by atoms with Gasteiger partial charge in [-0.3, -0.25) is 0 Å². The number of nitrogens with zero attached hydrogens (tertiary/aromatic N) is 1. The number of benzene rings is 10. The summed E-state index contributed by atoms with van der Waals surface area (Å²) in [5.74, 6) is 0. The lowest BCUT2D eigenvalue weighted by Crippen LogP contribution is -2.28. The molecule has 1 heterocycles. The van der Waals surface area contributed by atoms with Crippen molar-refractivity contribution < 1.29 is 4.42 Å². The van der Waals surface area contributed by atoms with E-state index in [1.807, 2.05) is 0 Å². The average Bonchev–Trinajstić information content (AvgIpc) is 3.84. The van der Waals surface area contributed by atoms with Gasteiger partial charge >= 0.3 is 0 Å². The van der Waals surface area contributed by atoms with Crippen LogP contribution in [0, 0.1) is 0 Å². The fraction of sp³-hybridized carbons (Fsp3) is 0.0175. The van der Waals surface area contributed by atoms with Gasteiger partial charge in [0.05, 0.1) is 16.8 Å². The average molecular weight is 752 g/mol. The van der Waals surface area contributed by atoms with E-state index in [1.54, 1.807) is 0 Å². The molecule has 11 aromatic rings. The predicted molar refractivity (Wildman–Crippen MR) is 246 cm³/mol. The second-order valence-electron chi connectivity index (χ2n) is 15.5. The number of hydrogen-bond acceptors (Lipinski definition) is 2. The van der Waals surface area contributed by atoms with Crippen LogP contribution in [0.2, 0.25) is 0 Å². The van der Waals surface area contributed by atoms with E-state index in [9.17, 15) is 0 Å². The van der Waals surface area contributed by atoms with Crippen molar-refractivity contribution in [2.45, 2.75) is 5.41 Å². The predicted octanol–water partition coefficient (Wildman–Crippen LogP) is 15.4. The quantitative estimate of drug-likeness (QED) is 0.157. The molecule has 276 valence electrons. The van der Waals surface area contributed by atoms with E-state index in [2.05, 4.69) is 229 Å². The van der Waals surface area contributed by atoms with Crippen molar-refractivity contribution in [2.75, 3.05) is 4.90 Å². The van der Waals surface area contributed by atoms with Gasteiger partial charge < -0.3 is 9.32 Å². The van der Waals surface area contributed by atoms with E-state index in [0.717, 1.165) is 44.6 Å². The maximum Gasteiger partial charge on any atom is 0.159 e. The molecule has 0 bridgehead atoms. The summed E-state index contributed by atoms with van der Waals surface area (Å²) < 4.78 is 6.93. The van der Waals surface area contributed by atoms with Gasteiger partial charge in [-0.2, -0.15) is 0 Å². The molecule has 0 fully saturated rings. The van der Waals surface area contributed by atoms with Gasteiger partial charge in [-0.15, -0.1) is 0 Å². The van der Waals surface area contributed by atoms with Crippen LogP contribution in [0.25, 0.3) is 65.7 Å². The number of hydrogen-bond donors (Lipinski definition) is 0. The van der Waals surface area contributed by atoms with Crippen LogP contribution in [-0.2, 0) is 5.41 Å². The molecule has 0 saturated carbocycles. The zero-order valence-electron chi connectivity index (χ0n) is 32.2. The molecular weight excluding hydrogens is 715 g/mol. The Hall–Kier alpha value is -7.68. The highest BCUT2D eigenvalue weighted by Gasteiger charge is 2.46. The standard InChI is InChI=1S/C57H37NO/c1-4-19-38(20-5-1)54-47-29-12-10-25-42(47)43-26-11-13-30-48(43)55(54)58(52-33-18-31-49-46-28-15-17-34-53(46)59-56(49)52)41-35-36-45-44-27-14-16-32-50(44)57(51(45)37-41,39-21-6-2-7-22-39)40-23-8-3-9-24-40/h1-37H. The van der Waals surface area contributed by atoms with Crippen molar-refractivity contribution in [3.63, 3.8) is 0 Å². The van der Waals surface area contributed by atoms with Gasteiger partial charge in [0.1, 0.15) is 5.58 Å². The third-order valence-corrected chi connectivity index (χ3v) is 12.5. The van der Waals surface area contributed by atoms with E-state index in [0.29, 0.717) is 0 Å². The number of fused-ring (bicyclic) bond motifs is 9. The molecule has 0 radical (unpaired) electrons. The first-order valence-corrected chi connectivity index (χ1v) is 20.4. The van der Waals surface area contributed by atoms with Crippen molar-refractivity contribution in [1.29, 1.82) is 0 Å². The third kappa shape index (κ3) is 4.87. The highest BCUT2D eigenvalue weighted by molar-refractivity contribution is 6.23. The molecule has 0 unspecified atom stereocenters. The second kappa shape index (κ2) is 13.2. The molecule has 0 spiro atoms. The maximum absolute atomic E-state index is 6.93. The summed E-state index contributed by atoms with van der Waals surface area (Å²) >= 11 is 0. The van der Waals surface area contributed by atoms with Crippen molar-refractivity contribution >= 4 is 60.5 Å². The Labute approximate surface area is 342 Å². The summed E-state index contributed by atoms with van der Waals surface area (Å²) in [5, 5.41) is 6.99. The Bertz CT molecular complexity index is 3340. The van der Waals surface area contributed by atoms with Gasteiger partial charge in [-0.05, 0) is 79.4 Å². The molecular formula is C57H37NO. The first kappa shape index (κ1) is 33.5.